The summed E-state index contributed by atoms with van der Waals surface area (Å²) in [5, 5.41) is 13.6. The highest BCUT2D eigenvalue weighted by molar-refractivity contribution is 5.86. The monoisotopic (exact) mass is 388 g/mol. The highest BCUT2D eigenvalue weighted by atomic mass is 16.3. The second-order valence-electron chi connectivity index (χ2n) is 9.68. The Kier molecular flexibility index (Phi) is 4.27. The van der Waals surface area contributed by atoms with Crippen molar-refractivity contribution in [2.45, 2.75) is 50.9 Å². The van der Waals surface area contributed by atoms with E-state index in [-0.39, 0.29) is 22.5 Å². The number of hydrogen-bond donors (Lipinski definition) is 2. The molecule has 0 radical (unpaired) electrons. The van der Waals surface area contributed by atoms with Crippen LogP contribution in [-0.4, -0.2) is 17.2 Å². The van der Waals surface area contributed by atoms with Crippen molar-refractivity contribution in [1.29, 1.82) is 0 Å². The standard InChI is InChI=1S/C25H28N2O2/c1-17-2-6-21(7-3-17)24-11-19-10-20(12-24)14-25(13-19,16-24)23(29)27-26-15-18-4-8-22(28)9-5-18/h2-9,15,19-20,28H,10-14,16H2,1H3,(H,27,29)/b26-15+. The van der Waals surface area contributed by atoms with Gasteiger partial charge in [-0.25, -0.2) is 5.43 Å². The van der Waals surface area contributed by atoms with Crippen LogP contribution in [0.4, 0.5) is 0 Å². The van der Waals surface area contributed by atoms with Gasteiger partial charge in [0.1, 0.15) is 5.75 Å². The van der Waals surface area contributed by atoms with Crippen molar-refractivity contribution in [1.82, 2.24) is 5.43 Å². The second-order valence-corrected chi connectivity index (χ2v) is 9.68. The Balaban J connectivity index is 1.37. The van der Waals surface area contributed by atoms with Crippen molar-refractivity contribution in [2.75, 3.05) is 0 Å². The Morgan fingerprint density at radius 2 is 1.69 bits per heavy atom. The minimum atomic E-state index is -0.290. The van der Waals surface area contributed by atoms with Gasteiger partial charge in [0.25, 0.3) is 0 Å². The number of phenolic OH excluding ortho intramolecular Hbond substituents is 1. The Labute approximate surface area is 172 Å². The topological polar surface area (TPSA) is 61.7 Å². The zero-order chi connectivity index (χ0) is 20.1. The molecule has 0 aromatic heterocycles. The molecule has 4 bridgehead atoms. The van der Waals surface area contributed by atoms with Crippen LogP contribution in [0.2, 0.25) is 0 Å². The molecule has 0 saturated heterocycles. The van der Waals surface area contributed by atoms with Crippen LogP contribution in [0, 0.1) is 24.2 Å². The van der Waals surface area contributed by atoms with Crippen molar-refractivity contribution in [3.05, 3.63) is 65.2 Å². The number of benzene rings is 2. The van der Waals surface area contributed by atoms with Gasteiger partial charge in [-0.3, -0.25) is 4.79 Å². The predicted molar refractivity (Wildman–Crippen MR) is 114 cm³/mol. The molecule has 4 aliphatic rings. The van der Waals surface area contributed by atoms with E-state index in [0.29, 0.717) is 11.8 Å². The summed E-state index contributed by atoms with van der Waals surface area (Å²) in [5.74, 6) is 1.59. The molecule has 4 heteroatoms. The van der Waals surface area contributed by atoms with E-state index >= 15 is 0 Å². The molecule has 2 atom stereocenters. The third-order valence-electron chi connectivity index (χ3n) is 7.48. The lowest BCUT2D eigenvalue weighted by Gasteiger charge is -2.61. The third kappa shape index (κ3) is 3.25. The van der Waals surface area contributed by atoms with Crippen molar-refractivity contribution in [2.24, 2.45) is 22.4 Å². The number of amides is 1. The molecule has 4 fully saturated rings. The van der Waals surface area contributed by atoms with Crippen molar-refractivity contribution < 1.29 is 9.90 Å². The van der Waals surface area contributed by atoms with Crippen molar-refractivity contribution >= 4 is 12.1 Å². The largest absolute Gasteiger partial charge is 0.508 e. The van der Waals surface area contributed by atoms with Crippen LogP contribution in [0.1, 0.15) is 55.2 Å². The number of aryl methyl sites for hydroxylation is 1. The number of aromatic hydroxyl groups is 1. The lowest BCUT2D eigenvalue weighted by molar-refractivity contribution is -0.149. The van der Waals surface area contributed by atoms with Gasteiger partial charge in [-0.05, 0) is 98.1 Å². The van der Waals surface area contributed by atoms with Crippen molar-refractivity contribution in [3.8, 4) is 5.75 Å². The summed E-state index contributed by atoms with van der Waals surface area (Å²) >= 11 is 0. The normalized spacial score (nSPS) is 32.6. The van der Waals surface area contributed by atoms with Crippen LogP contribution in [0.25, 0.3) is 0 Å². The quantitative estimate of drug-likeness (QED) is 0.590. The van der Waals surface area contributed by atoms with E-state index in [2.05, 4.69) is 41.7 Å². The Morgan fingerprint density at radius 1 is 1.03 bits per heavy atom. The molecule has 0 heterocycles. The fourth-order valence-electron chi connectivity index (χ4n) is 6.62. The summed E-state index contributed by atoms with van der Waals surface area (Å²) in [7, 11) is 0. The lowest BCUT2D eigenvalue weighted by Crippen LogP contribution is -2.58. The van der Waals surface area contributed by atoms with Gasteiger partial charge in [0.05, 0.1) is 11.6 Å². The molecule has 1 amide bonds. The minimum Gasteiger partial charge on any atom is -0.508 e. The zero-order valence-electron chi connectivity index (χ0n) is 16.9. The zero-order valence-corrected chi connectivity index (χ0v) is 16.9. The first kappa shape index (κ1) is 18.4. The van der Waals surface area contributed by atoms with Crippen LogP contribution in [0.3, 0.4) is 0 Å². The summed E-state index contributed by atoms with van der Waals surface area (Å²) in [5.41, 5.74) is 6.26. The molecule has 0 spiro atoms. The summed E-state index contributed by atoms with van der Waals surface area (Å²) in [6, 6.07) is 15.8. The third-order valence-corrected chi connectivity index (χ3v) is 7.48. The smallest absolute Gasteiger partial charge is 0.246 e. The molecule has 2 aromatic carbocycles. The first-order valence-electron chi connectivity index (χ1n) is 10.7. The Hall–Kier alpha value is -2.62. The molecule has 150 valence electrons. The van der Waals surface area contributed by atoms with Gasteiger partial charge >= 0.3 is 0 Å². The minimum absolute atomic E-state index is 0.0816. The van der Waals surface area contributed by atoms with Crippen LogP contribution in [0.15, 0.2) is 53.6 Å². The number of rotatable bonds is 4. The molecule has 2 unspecified atom stereocenters. The maximum Gasteiger partial charge on any atom is 0.246 e. The molecule has 6 rings (SSSR count). The average molecular weight is 389 g/mol. The molecular weight excluding hydrogens is 360 g/mol. The summed E-state index contributed by atoms with van der Waals surface area (Å²) in [6.07, 6.45) is 8.30. The number of carbonyl (C=O) groups is 1. The van der Waals surface area contributed by atoms with Gasteiger partial charge < -0.3 is 5.11 Å². The highest BCUT2D eigenvalue weighted by Gasteiger charge is 2.60. The molecular formula is C25H28N2O2. The number of hydrogen-bond acceptors (Lipinski definition) is 3. The van der Waals surface area contributed by atoms with Crippen LogP contribution in [-0.2, 0) is 10.2 Å². The Morgan fingerprint density at radius 3 is 2.34 bits per heavy atom. The average Bonchev–Trinajstić information content (AvgIpc) is 2.69. The van der Waals surface area contributed by atoms with E-state index in [1.807, 2.05) is 0 Å². The fourth-order valence-corrected chi connectivity index (χ4v) is 6.62. The predicted octanol–water partition coefficient (Wildman–Crippen LogP) is 4.69. The number of nitrogens with one attached hydrogen (secondary N) is 1. The fraction of sp³-hybridized carbons (Fsp3) is 0.440. The van der Waals surface area contributed by atoms with E-state index in [1.54, 1.807) is 30.5 Å². The number of carbonyl (C=O) groups excluding carboxylic acids is 1. The van der Waals surface area contributed by atoms with Crippen LogP contribution >= 0.6 is 0 Å². The Bertz CT molecular complexity index is 932. The lowest BCUT2D eigenvalue weighted by atomic mass is 9.42. The van der Waals surface area contributed by atoms with Crippen LogP contribution < -0.4 is 5.43 Å². The van der Waals surface area contributed by atoms with E-state index in [9.17, 15) is 9.90 Å². The molecule has 0 aliphatic heterocycles. The first-order chi connectivity index (χ1) is 14.0. The molecule has 4 aliphatic carbocycles. The maximum atomic E-state index is 13.3. The number of phenols is 1. The highest BCUT2D eigenvalue weighted by Crippen LogP contribution is 2.65. The molecule has 29 heavy (non-hydrogen) atoms. The van der Waals surface area contributed by atoms with E-state index in [4.69, 9.17) is 0 Å². The molecule has 2 aromatic rings. The van der Waals surface area contributed by atoms with Gasteiger partial charge in [-0.1, -0.05) is 29.8 Å². The van der Waals surface area contributed by atoms with Gasteiger partial charge in [-0.2, -0.15) is 5.10 Å². The SMILES string of the molecule is Cc1ccc(C23CC4CC(CC(C(=O)N/N=C/c5ccc(O)cc5)(C4)C2)C3)cc1. The van der Waals surface area contributed by atoms with Gasteiger partial charge in [-0.15, -0.1) is 0 Å². The summed E-state index contributed by atoms with van der Waals surface area (Å²) in [6.45, 7) is 2.13. The van der Waals surface area contributed by atoms with Gasteiger partial charge in [0, 0.05) is 0 Å². The summed E-state index contributed by atoms with van der Waals surface area (Å²) in [4.78, 5) is 13.3. The van der Waals surface area contributed by atoms with E-state index < -0.39 is 0 Å². The first-order valence-corrected chi connectivity index (χ1v) is 10.7. The van der Waals surface area contributed by atoms with Gasteiger partial charge in [0.15, 0.2) is 0 Å². The second kappa shape index (κ2) is 6.72. The van der Waals surface area contributed by atoms with Crippen LogP contribution in [0.5, 0.6) is 5.75 Å². The van der Waals surface area contributed by atoms with Gasteiger partial charge in [0.2, 0.25) is 5.91 Å². The molecule has 4 saturated carbocycles. The molecule has 4 nitrogen and oxygen atoms in total. The number of hydrazone groups is 1. The van der Waals surface area contributed by atoms with E-state index in [0.717, 1.165) is 24.8 Å². The van der Waals surface area contributed by atoms with E-state index in [1.165, 1.54) is 30.4 Å². The number of nitrogens with zero attached hydrogens (tertiary/aromatic N) is 1. The maximum absolute atomic E-state index is 13.3. The summed E-state index contributed by atoms with van der Waals surface area (Å²) < 4.78 is 0. The van der Waals surface area contributed by atoms with Crippen molar-refractivity contribution in [3.63, 3.8) is 0 Å². The molecule has 2 N–H and O–H groups in total.